The van der Waals surface area contributed by atoms with Crippen LogP contribution in [0.1, 0.15) is 51.6 Å². The molecule has 0 unspecified atom stereocenters. The molecule has 13 heavy (non-hydrogen) atoms. The standard InChI is InChI=1S/C10H17N3/c1-4-10(2,3)13-7-9(11-12-13)8-5-6-8/h7-8H,4-6H2,1-3H3. The summed E-state index contributed by atoms with van der Waals surface area (Å²) in [7, 11) is 0. The highest BCUT2D eigenvalue weighted by atomic mass is 15.4. The molecule has 1 saturated carbocycles. The molecule has 0 radical (unpaired) electrons. The maximum Gasteiger partial charge on any atom is 0.0858 e. The van der Waals surface area contributed by atoms with Gasteiger partial charge in [-0.1, -0.05) is 12.1 Å². The molecule has 3 heteroatoms. The zero-order valence-electron chi connectivity index (χ0n) is 8.62. The predicted molar refractivity (Wildman–Crippen MR) is 51.6 cm³/mol. The molecule has 0 spiro atoms. The summed E-state index contributed by atoms with van der Waals surface area (Å²) >= 11 is 0. The van der Waals surface area contributed by atoms with Gasteiger partial charge in [0, 0.05) is 12.1 Å². The van der Waals surface area contributed by atoms with E-state index in [9.17, 15) is 0 Å². The number of hydrogen-bond donors (Lipinski definition) is 0. The lowest BCUT2D eigenvalue weighted by Gasteiger charge is -2.22. The van der Waals surface area contributed by atoms with Crippen molar-refractivity contribution in [1.29, 1.82) is 0 Å². The number of aromatic nitrogens is 3. The van der Waals surface area contributed by atoms with Gasteiger partial charge in [-0.15, -0.1) is 5.10 Å². The van der Waals surface area contributed by atoms with Crippen LogP contribution in [0.15, 0.2) is 6.20 Å². The van der Waals surface area contributed by atoms with E-state index in [1.54, 1.807) is 0 Å². The van der Waals surface area contributed by atoms with Crippen LogP contribution in [0.5, 0.6) is 0 Å². The highest BCUT2D eigenvalue weighted by Gasteiger charge is 2.28. The van der Waals surface area contributed by atoms with Gasteiger partial charge in [-0.25, -0.2) is 4.68 Å². The van der Waals surface area contributed by atoms with E-state index in [-0.39, 0.29) is 5.54 Å². The zero-order valence-corrected chi connectivity index (χ0v) is 8.62. The monoisotopic (exact) mass is 179 g/mol. The third-order valence-corrected chi connectivity index (χ3v) is 2.99. The quantitative estimate of drug-likeness (QED) is 0.712. The summed E-state index contributed by atoms with van der Waals surface area (Å²) in [5.41, 5.74) is 1.29. The van der Waals surface area contributed by atoms with Crippen LogP contribution in [0.3, 0.4) is 0 Å². The zero-order chi connectivity index (χ0) is 9.47. The van der Waals surface area contributed by atoms with E-state index >= 15 is 0 Å². The molecule has 72 valence electrons. The topological polar surface area (TPSA) is 30.7 Å². The Balaban J connectivity index is 2.20. The summed E-state index contributed by atoms with van der Waals surface area (Å²) in [5, 5.41) is 8.39. The molecule has 2 rings (SSSR count). The van der Waals surface area contributed by atoms with Crippen LogP contribution >= 0.6 is 0 Å². The molecular weight excluding hydrogens is 162 g/mol. The maximum absolute atomic E-state index is 4.21. The van der Waals surface area contributed by atoms with Crippen molar-refractivity contribution in [1.82, 2.24) is 15.0 Å². The molecule has 0 amide bonds. The molecule has 3 nitrogen and oxygen atoms in total. The van der Waals surface area contributed by atoms with E-state index in [0.29, 0.717) is 5.92 Å². The van der Waals surface area contributed by atoms with Crippen LogP contribution in [-0.4, -0.2) is 15.0 Å². The highest BCUT2D eigenvalue weighted by Crippen LogP contribution is 2.39. The van der Waals surface area contributed by atoms with E-state index in [1.807, 2.05) is 4.68 Å². The molecule has 0 N–H and O–H groups in total. The average molecular weight is 179 g/mol. The lowest BCUT2D eigenvalue weighted by Crippen LogP contribution is -2.25. The van der Waals surface area contributed by atoms with Crippen LogP contribution in [-0.2, 0) is 5.54 Å². The second kappa shape index (κ2) is 2.82. The van der Waals surface area contributed by atoms with Crippen molar-refractivity contribution in [3.63, 3.8) is 0 Å². The summed E-state index contributed by atoms with van der Waals surface area (Å²) < 4.78 is 2.00. The Kier molecular flexibility index (Phi) is 1.90. The first kappa shape index (κ1) is 8.73. The van der Waals surface area contributed by atoms with Gasteiger partial charge >= 0.3 is 0 Å². The largest absolute Gasteiger partial charge is 0.247 e. The van der Waals surface area contributed by atoms with Crippen molar-refractivity contribution < 1.29 is 0 Å². The minimum Gasteiger partial charge on any atom is -0.247 e. The van der Waals surface area contributed by atoms with Crippen molar-refractivity contribution in [2.75, 3.05) is 0 Å². The molecule has 1 aliphatic rings. The van der Waals surface area contributed by atoms with Crippen molar-refractivity contribution in [2.45, 2.75) is 51.5 Å². The molecule has 1 aromatic rings. The minimum atomic E-state index is 0.111. The Morgan fingerprint density at radius 3 is 2.77 bits per heavy atom. The number of hydrogen-bond acceptors (Lipinski definition) is 2. The van der Waals surface area contributed by atoms with Gasteiger partial charge in [0.2, 0.25) is 0 Å². The minimum absolute atomic E-state index is 0.111. The molecule has 0 bridgehead atoms. The Hall–Kier alpha value is -0.860. The van der Waals surface area contributed by atoms with Crippen molar-refractivity contribution in [3.05, 3.63) is 11.9 Å². The molecule has 0 aliphatic heterocycles. The third-order valence-electron chi connectivity index (χ3n) is 2.99. The Bertz CT molecular complexity index is 297. The van der Waals surface area contributed by atoms with E-state index in [4.69, 9.17) is 0 Å². The van der Waals surface area contributed by atoms with E-state index in [1.165, 1.54) is 18.5 Å². The number of nitrogens with zero attached hydrogens (tertiary/aromatic N) is 3. The lowest BCUT2D eigenvalue weighted by molar-refractivity contribution is 0.301. The summed E-state index contributed by atoms with van der Waals surface area (Å²) in [6, 6.07) is 0. The second-order valence-electron chi connectivity index (χ2n) is 4.53. The first-order valence-electron chi connectivity index (χ1n) is 5.06. The highest BCUT2D eigenvalue weighted by molar-refractivity contribution is 5.09. The van der Waals surface area contributed by atoms with Gasteiger partial charge < -0.3 is 0 Å². The predicted octanol–water partition coefficient (Wildman–Crippen LogP) is 2.30. The Morgan fingerprint density at radius 1 is 1.54 bits per heavy atom. The van der Waals surface area contributed by atoms with E-state index in [2.05, 4.69) is 37.3 Å². The van der Waals surface area contributed by atoms with Gasteiger partial charge in [0.15, 0.2) is 0 Å². The molecular formula is C10H17N3. The number of rotatable bonds is 3. The molecule has 0 aromatic carbocycles. The molecule has 1 fully saturated rings. The summed E-state index contributed by atoms with van der Waals surface area (Å²) in [6.07, 6.45) is 5.79. The second-order valence-corrected chi connectivity index (χ2v) is 4.53. The van der Waals surface area contributed by atoms with Crippen LogP contribution in [0.25, 0.3) is 0 Å². The lowest BCUT2D eigenvalue weighted by atomic mass is 10.0. The third kappa shape index (κ3) is 1.60. The average Bonchev–Trinajstić information content (AvgIpc) is 2.83. The smallest absolute Gasteiger partial charge is 0.0858 e. The molecule has 0 atom stereocenters. The first-order valence-corrected chi connectivity index (χ1v) is 5.06. The fourth-order valence-electron chi connectivity index (χ4n) is 1.30. The van der Waals surface area contributed by atoms with E-state index < -0.39 is 0 Å². The van der Waals surface area contributed by atoms with Gasteiger partial charge in [-0.3, -0.25) is 0 Å². The summed E-state index contributed by atoms with van der Waals surface area (Å²) in [5.74, 6) is 0.710. The van der Waals surface area contributed by atoms with Crippen molar-refractivity contribution in [2.24, 2.45) is 0 Å². The fourth-order valence-corrected chi connectivity index (χ4v) is 1.30. The van der Waals surface area contributed by atoms with Gasteiger partial charge in [0.05, 0.1) is 11.2 Å². The summed E-state index contributed by atoms with van der Waals surface area (Å²) in [4.78, 5) is 0. The van der Waals surface area contributed by atoms with Crippen LogP contribution in [0, 0.1) is 0 Å². The van der Waals surface area contributed by atoms with Crippen molar-refractivity contribution >= 4 is 0 Å². The van der Waals surface area contributed by atoms with Gasteiger partial charge in [-0.05, 0) is 33.1 Å². The molecule has 1 aliphatic carbocycles. The van der Waals surface area contributed by atoms with Crippen LogP contribution < -0.4 is 0 Å². The summed E-state index contributed by atoms with van der Waals surface area (Å²) in [6.45, 7) is 6.56. The van der Waals surface area contributed by atoms with Gasteiger partial charge in [0.1, 0.15) is 0 Å². The van der Waals surface area contributed by atoms with E-state index in [0.717, 1.165) is 6.42 Å². The maximum atomic E-state index is 4.21. The Morgan fingerprint density at radius 2 is 2.23 bits per heavy atom. The molecule has 1 aromatic heterocycles. The first-order chi connectivity index (χ1) is 6.13. The molecule has 1 heterocycles. The normalized spacial score (nSPS) is 17.8. The van der Waals surface area contributed by atoms with Crippen LogP contribution in [0.2, 0.25) is 0 Å². The van der Waals surface area contributed by atoms with Gasteiger partial charge in [0.25, 0.3) is 0 Å². The SMILES string of the molecule is CCC(C)(C)n1cc(C2CC2)nn1. The van der Waals surface area contributed by atoms with Crippen LogP contribution in [0.4, 0.5) is 0 Å². The van der Waals surface area contributed by atoms with Crippen molar-refractivity contribution in [3.8, 4) is 0 Å². The fraction of sp³-hybridized carbons (Fsp3) is 0.800. The molecule has 0 saturated heterocycles. The van der Waals surface area contributed by atoms with Gasteiger partial charge in [-0.2, -0.15) is 0 Å². The Labute approximate surface area is 79.1 Å².